The molecular formula is C14H20N4O3. The Balaban J connectivity index is 1.71. The lowest BCUT2D eigenvalue weighted by Gasteiger charge is -2.46. The largest absolute Gasteiger partial charge is 0.340 e. The molecule has 2 aliphatic rings. The first-order chi connectivity index (χ1) is 10.1. The van der Waals surface area contributed by atoms with Gasteiger partial charge in [-0.2, -0.15) is 4.98 Å². The van der Waals surface area contributed by atoms with Crippen LogP contribution in [0.1, 0.15) is 37.9 Å². The third-order valence-electron chi connectivity index (χ3n) is 4.32. The van der Waals surface area contributed by atoms with Crippen molar-refractivity contribution in [1.82, 2.24) is 19.9 Å². The summed E-state index contributed by atoms with van der Waals surface area (Å²) in [7, 11) is 0. The van der Waals surface area contributed by atoms with E-state index in [2.05, 4.69) is 10.1 Å². The van der Waals surface area contributed by atoms with Crippen molar-refractivity contribution >= 4 is 11.8 Å². The van der Waals surface area contributed by atoms with Crippen molar-refractivity contribution < 1.29 is 14.1 Å². The average Bonchev–Trinajstić information content (AvgIpc) is 2.90. The molecule has 21 heavy (non-hydrogen) atoms. The second-order valence-corrected chi connectivity index (χ2v) is 5.73. The summed E-state index contributed by atoms with van der Waals surface area (Å²) in [4.78, 5) is 32.6. The topological polar surface area (TPSA) is 79.5 Å². The van der Waals surface area contributed by atoms with Gasteiger partial charge in [0, 0.05) is 26.4 Å². The van der Waals surface area contributed by atoms with Crippen molar-refractivity contribution in [3.8, 4) is 0 Å². The van der Waals surface area contributed by atoms with E-state index in [1.54, 1.807) is 23.6 Å². The lowest BCUT2D eigenvalue weighted by molar-refractivity contribution is -0.162. The van der Waals surface area contributed by atoms with Gasteiger partial charge in [0.2, 0.25) is 17.7 Å². The minimum Gasteiger partial charge on any atom is -0.340 e. The molecule has 2 unspecified atom stereocenters. The molecule has 0 N–H and O–H groups in total. The lowest BCUT2D eigenvalue weighted by Crippen LogP contribution is -2.65. The van der Waals surface area contributed by atoms with Crippen molar-refractivity contribution in [1.29, 1.82) is 0 Å². The summed E-state index contributed by atoms with van der Waals surface area (Å²) in [6.45, 7) is 4.69. The SMILES string of the molecule is Cc1nc(CCN2C(=O)C3CCCCN3C(=O)C2C)no1. The summed E-state index contributed by atoms with van der Waals surface area (Å²) >= 11 is 0. The van der Waals surface area contributed by atoms with Gasteiger partial charge in [0.05, 0.1) is 0 Å². The predicted octanol–water partition coefficient (Wildman–Crippen LogP) is 0.532. The van der Waals surface area contributed by atoms with Gasteiger partial charge in [-0.05, 0) is 26.2 Å². The molecule has 1 aromatic rings. The smallest absolute Gasteiger partial charge is 0.246 e. The van der Waals surface area contributed by atoms with Gasteiger partial charge in [-0.3, -0.25) is 9.59 Å². The van der Waals surface area contributed by atoms with E-state index in [1.165, 1.54) is 0 Å². The second-order valence-electron chi connectivity index (χ2n) is 5.73. The highest BCUT2D eigenvalue weighted by Crippen LogP contribution is 2.26. The molecule has 3 heterocycles. The highest BCUT2D eigenvalue weighted by atomic mass is 16.5. The van der Waals surface area contributed by atoms with Crippen molar-refractivity contribution in [2.45, 2.75) is 51.6 Å². The third kappa shape index (κ3) is 2.52. The predicted molar refractivity (Wildman–Crippen MR) is 73.3 cm³/mol. The number of piperidine rings is 1. The van der Waals surface area contributed by atoms with Gasteiger partial charge in [0.25, 0.3) is 0 Å². The molecule has 0 spiro atoms. The first-order valence-electron chi connectivity index (χ1n) is 7.48. The van der Waals surface area contributed by atoms with E-state index in [1.807, 2.05) is 0 Å². The van der Waals surface area contributed by atoms with Crippen LogP contribution in [0.4, 0.5) is 0 Å². The maximum absolute atomic E-state index is 12.6. The molecule has 0 radical (unpaired) electrons. The second kappa shape index (κ2) is 5.46. The van der Waals surface area contributed by atoms with Gasteiger partial charge >= 0.3 is 0 Å². The van der Waals surface area contributed by atoms with E-state index in [0.717, 1.165) is 19.3 Å². The van der Waals surface area contributed by atoms with E-state index in [0.29, 0.717) is 31.2 Å². The highest BCUT2D eigenvalue weighted by molar-refractivity contribution is 5.96. The Bertz CT molecular complexity index is 556. The monoisotopic (exact) mass is 292 g/mol. The molecule has 2 atom stereocenters. The number of hydrogen-bond acceptors (Lipinski definition) is 5. The van der Waals surface area contributed by atoms with E-state index < -0.39 is 6.04 Å². The fraction of sp³-hybridized carbons (Fsp3) is 0.714. The molecule has 0 bridgehead atoms. The molecule has 2 aliphatic heterocycles. The standard InChI is InChI=1S/C14H20N4O3/c1-9-13(19)18-7-4-3-5-11(18)14(20)17(9)8-6-12-15-10(2)21-16-12/h9,11H,3-8H2,1-2H3. The number of rotatable bonds is 3. The Kier molecular flexibility index (Phi) is 3.65. The molecule has 2 amide bonds. The Labute approximate surface area is 123 Å². The fourth-order valence-corrected chi connectivity index (χ4v) is 3.17. The van der Waals surface area contributed by atoms with Gasteiger partial charge in [-0.1, -0.05) is 5.16 Å². The van der Waals surface area contributed by atoms with Crippen LogP contribution >= 0.6 is 0 Å². The number of aryl methyl sites for hydroxylation is 1. The van der Waals surface area contributed by atoms with E-state index in [9.17, 15) is 9.59 Å². The minimum atomic E-state index is -0.403. The van der Waals surface area contributed by atoms with Crippen LogP contribution in [0.25, 0.3) is 0 Å². The molecule has 1 aromatic heterocycles. The van der Waals surface area contributed by atoms with Crippen LogP contribution in [-0.4, -0.2) is 56.9 Å². The highest BCUT2D eigenvalue weighted by Gasteiger charge is 2.44. The molecule has 2 saturated heterocycles. The van der Waals surface area contributed by atoms with Crippen molar-refractivity contribution in [3.05, 3.63) is 11.7 Å². The lowest BCUT2D eigenvalue weighted by atomic mass is 9.95. The zero-order valence-corrected chi connectivity index (χ0v) is 12.4. The van der Waals surface area contributed by atoms with E-state index >= 15 is 0 Å². The number of hydrogen-bond donors (Lipinski definition) is 0. The van der Waals surface area contributed by atoms with Gasteiger partial charge < -0.3 is 14.3 Å². The average molecular weight is 292 g/mol. The van der Waals surface area contributed by atoms with Gasteiger partial charge in [0.15, 0.2) is 5.82 Å². The molecule has 114 valence electrons. The zero-order chi connectivity index (χ0) is 15.0. The van der Waals surface area contributed by atoms with E-state index in [4.69, 9.17) is 4.52 Å². The van der Waals surface area contributed by atoms with Crippen LogP contribution in [-0.2, 0) is 16.0 Å². The number of aromatic nitrogens is 2. The van der Waals surface area contributed by atoms with Crippen molar-refractivity contribution in [2.24, 2.45) is 0 Å². The maximum atomic E-state index is 12.6. The zero-order valence-electron chi connectivity index (χ0n) is 12.4. The van der Waals surface area contributed by atoms with Crippen LogP contribution in [0.2, 0.25) is 0 Å². The summed E-state index contributed by atoms with van der Waals surface area (Å²) in [5.74, 6) is 1.20. The molecule has 3 rings (SSSR count). The summed E-state index contributed by atoms with van der Waals surface area (Å²) < 4.78 is 4.93. The van der Waals surface area contributed by atoms with Crippen LogP contribution in [0.5, 0.6) is 0 Å². The number of nitrogens with zero attached hydrogens (tertiary/aromatic N) is 4. The summed E-state index contributed by atoms with van der Waals surface area (Å²) in [5.41, 5.74) is 0. The summed E-state index contributed by atoms with van der Waals surface area (Å²) in [6.07, 6.45) is 3.28. The maximum Gasteiger partial charge on any atom is 0.246 e. The molecular weight excluding hydrogens is 272 g/mol. The molecule has 0 aliphatic carbocycles. The summed E-state index contributed by atoms with van der Waals surface area (Å²) in [5, 5.41) is 3.83. The molecule has 2 fully saturated rings. The van der Waals surface area contributed by atoms with Gasteiger partial charge in [-0.15, -0.1) is 0 Å². The first-order valence-corrected chi connectivity index (χ1v) is 7.48. The Morgan fingerprint density at radius 3 is 2.81 bits per heavy atom. The minimum absolute atomic E-state index is 0.0574. The Morgan fingerprint density at radius 2 is 2.10 bits per heavy atom. The van der Waals surface area contributed by atoms with Crippen LogP contribution in [0.15, 0.2) is 4.52 Å². The third-order valence-corrected chi connectivity index (χ3v) is 4.32. The number of fused-ring (bicyclic) bond motifs is 1. The molecule has 7 nitrogen and oxygen atoms in total. The summed E-state index contributed by atoms with van der Waals surface area (Å²) in [6, 6.07) is -0.672. The number of carbonyl (C=O) groups excluding carboxylic acids is 2. The number of carbonyl (C=O) groups is 2. The first kappa shape index (κ1) is 14.0. The van der Waals surface area contributed by atoms with Crippen LogP contribution in [0.3, 0.4) is 0 Å². The fourth-order valence-electron chi connectivity index (χ4n) is 3.17. The normalized spacial score (nSPS) is 26.2. The Morgan fingerprint density at radius 1 is 1.29 bits per heavy atom. The number of amides is 2. The van der Waals surface area contributed by atoms with Crippen molar-refractivity contribution in [3.63, 3.8) is 0 Å². The van der Waals surface area contributed by atoms with Crippen molar-refractivity contribution in [2.75, 3.05) is 13.1 Å². The molecule has 7 heteroatoms. The molecule has 0 saturated carbocycles. The van der Waals surface area contributed by atoms with E-state index in [-0.39, 0.29) is 17.9 Å². The Hall–Kier alpha value is -1.92. The van der Waals surface area contributed by atoms with Gasteiger partial charge in [-0.25, -0.2) is 0 Å². The van der Waals surface area contributed by atoms with Crippen LogP contribution in [0, 0.1) is 6.92 Å². The number of piperazine rings is 1. The van der Waals surface area contributed by atoms with Crippen LogP contribution < -0.4 is 0 Å². The quantitative estimate of drug-likeness (QED) is 0.812. The molecule has 0 aromatic carbocycles. The van der Waals surface area contributed by atoms with Gasteiger partial charge in [0.1, 0.15) is 12.1 Å².